The number of hydrogen-bond donors (Lipinski definition) is 2. The van der Waals surface area contributed by atoms with Gasteiger partial charge >= 0.3 is 5.97 Å². The Morgan fingerprint density at radius 2 is 1.86 bits per heavy atom. The first-order valence-electron chi connectivity index (χ1n) is 6.80. The predicted molar refractivity (Wildman–Crippen MR) is 76.7 cm³/mol. The molecule has 2 N–H and O–H groups in total. The molecule has 1 atom stereocenters. The minimum absolute atomic E-state index is 0.0383. The van der Waals surface area contributed by atoms with Gasteiger partial charge in [-0.05, 0) is 31.5 Å². The fourth-order valence-electron chi connectivity index (χ4n) is 2.22. The third kappa shape index (κ3) is 2.98. The second-order valence-corrected chi connectivity index (χ2v) is 5.24. The van der Waals surface area contributed by atoms with E-state index in [4.69, 9.17) is 5.11 Å². The number of nitrogens with zero attached hydrogens (tertiary/aromatic N) is 1. The molecule has 7 nitrogen and oxygen atoms in total. The molecule has 7 heteroatoms. The Bertz CT molecular complexity index is 668. The largest absolute Gasteiger partial charge is 0.481 e. The first kappa shape index (κ1) is 15.7. The number of carboxylic acid groups (broad SMARTS) is 1. The molecule has 0 radical (unpaired) electrons. The number of carboxylic acids is 1. The van der Waals surface area contributed by atoms with Crippen LogP contribution in [-0.2, 0) is 4.79 Å². The minimum atomic E-state index is -0.925. The second-order valence-electron chi connectivity index (χ2n) is 5.24. The summed E-state index contributed by atoms with van der Waals surface area (Å²) >= 11 is 0. The average molecular weight is 304 g/mol. The van der Waals surface area contributed by atoms with E-state index in [1.165, 1.54) is 25.2 Å². The maximum atomic E-state index is 12.1. The Morgan fingerprint density at radius 3 is 2.50 bits per heavy atom. The van der Waals surface area contributed by atoms with Crippen molar-refractivity contribution in [3.63, 3.8) is 0 Å². The van der Waals surface area contributed by atoms with E-state index in [0.717, 1.165) is 4.90 Å². The van der Waals surface area contributed by atoms with E-state index in [1.807, 2.05) is 0 Å². The molecule has 0 bridgehead atoms. The molecule has 1 heterocycles. The van der Waals surface area contributed by atoms with Crippen LogP contribution in [-0.4, -0.2) is 46.8 Å². The van der Waals surface area contributed by atoms with Crippen LogP contribution in [0.3, 0.4) is 0 Å². The Balaban J connectivity index is 2.11. The van der Waals surface area contributed by atoms with Crippen LogP contribution >= 0.6 is 0 Å². The Labute approximate surface area is 126 Å². The van der Waals surface area contributed by atoms with Crippen LogP contribution in [0.4, 0.5) is 0 Å². The molecule has 1 aromatic carbocycles. The molecule has 2 rings (SSSR count). The van der Waals surface area contributed by atoms with Crippen LogP contribution in [0.1, 0.15) is 50.8 Å². The highest BCUT2D eigenvalue weighted by molar-refractivity contribution is 6.21. The van der Waals surface area contributed by atoms with Gasteiger partial charge in [0, 0.05) is 25.1 Å². The average Bonchev–Trinajstić information content (AvgIpc) is 2.69. The molecule has 1 unspecified atom stereocenters. The molecule has 0 aromatic heterocycles. The fraction of sp³-hybridized carbons (Fsp3) is 0.333. The molecule has 1 aliphatic heterocycles. The normalized spacial score (nSPS) is 14.7. The lowest BCUT2D eigenvalue weighted by Gasteiger charge is -2.13. The van der Waals surface area contributed by atoms with Crippen LogP contribution < -0.4 is 5.32 Å². The first-order valence-corrected chi connectivity index (χ1v) is 6.80. The molecule has 0 saturated carbocycles. The molecular weight excluding hydrogens is 288 g/mol. The second kappa shape index (κ2) is 5.97. The SMILES string of the molecule is CC(CCC(=O)O)NC(=O)c1ccc2c(c1)C(=O)N(C)C2=O. The van der Waals surface area contributed by atoms with Crippen molar-refractivity contribution in [1.82, 2.24) is 10.2 Å². The first-order chi connectivity index (χ1) is 10.3. The third-order valence-corrected chi connectivity index (χ3v) is 3.52. The summed E-state index contributed by atoms with van der Waals surface area (Å²) in [6.07, 6.45) is 0.273. The fourth-order valence-corrected chi connectivity index (χ4v) is 2.22. The number of nitrogens with one attached hydrogen (secondary N) is 1. The van der Waals surface area contributed by atoms with Crippen molar-refractivity contribution in [2.45, 2.75) is 25.8 Å². The number of rotatable bonds is 5. The molecule has 0 spiro atoms. The summed E-state index contributed by atoms with van der Waals surface area (Å²) < 4.78 is 0. The summed E-state index contributed by atoms with van der Waals surface area (Å²) in [6, 6.07) is 4.01. The predicted octanol–water partition coefficient (Wildman–Crippen LogP) is 0.896. The highest BCUT2D eigenvalue weighted by Crippen LogP contribution is 2.22. The van der Waals surface area contributed by atoms with E-state index in [2.05, 4.69) is 5.32 Å². The van der Waals surface area contributed by atoms with Crippen molar-refractivity contribution < 1.29 is 24.3 Å². The van der Waals surface area contributed by atoms with E-state index in [9.17, 15) is 19.2 Å². The van der Waals surface area contributed by atoms with Crippen LogP contribution in [0.2, 0.25) is 0 Å². The number of imide groups is 1. The monoisotopic (exact) mass is 304 g/mol. The lowest BCUT2D eigenvalue weighted by atomic mass is 10.0. The topological polar surface area (TPSA) is 104 Å². The number of carbonyl (C=O) groups excluding carboxylic acids is 3. The molecule has 22 heavy (non-hydrogen) atoms. The van der Waals surface area contributed by atoms with Crippen molar-refractivity contribution >= 4 is 23.7 Å². The van der Waals surface area contributed by atoms with E-state index < -0.39 is 17.8 Å². The number of hydrogen-bond acceptors (Lipinski definition) is 4. The van der Waals surface area contributed by atoms with Crippen molar-refractivity contribution in [2.24, 2.45) is 0 Å². The lowest BCUT2D eigenvalue weighted by Crippen LogP contribution is -2.33. The van der Waals surface area contributed by atoms with Gasteiger partial charge in [0.15, 0.2) is 0 Å². The Kier molecular flexibility index (Phi) is 4.25. The van der Waals surface area contributed by atoms with Gasteiger partial charge in [-0.25, -0.2) is 0 Å². The zero-order chi connectivity index (χ0) is 16.4. The van der Waals surface area contributed by atoms with Crippen molar-refractivity contribution in [3.8, 4) is 0 Å². The van der Waals surface area contributed by atoms with Crippen molar-refractivity contribution in [3.05, 3.63) is 34.9 Å². The standard InChI is InChI=1S/C15H16N2O5/c1-8(3-6-12(18)19)16-13(20)9-4-5-10-11(7-9)15(22)17(2)14(10)21/h4-5,7-8H,3,6H2,1-2H3,(H,16,20)(H,18,19). The number of carbonyl (C=O) groups is 4. The van der Waals surface area contributed by atoms with Crippen molar-refractivity contribution in [2.75, 3.05) is 7.05 Å². The Morgan fingerprint density at radius 1 is 1.23 bits per heavy atom. The van der Waals surface area contributed by atoms with Crippen LogP contribution in [0, 0.1) is 0 Å². The van der Waals surface area contributed by atoms with Gasteiger partial charge in [0.05, 0.1) is 11.1 Å². The number of amides is 3. The van der Waals surface area contributed by atoms with Gasteiger partial charge in [-0.3, -0.25) is 24.1 Å². The Hall–Kier alpha value is -2.70. The molecular formula is C15H16N2O5. The van der Waals surface area contributed by atoms with Crippen LogP contribution in [0.5, 0.6) is 0 Å². The van der Waals surface area contributed by atoms with Gasteiger partial charge in [0.25, 0.3) is 17.7 Å². The van der Waals surface area contributed by atoms with E-state index in [0.29, 0.717) is 6.42 Å². The van der Waals surface area contributed by atoms with Gasteiger partial charge < -0.3 is 10.4 Å². The van der Waals surface area contributed by atoms with Gasteiger partial charge in [0.1, 0.15) is 0 Å². The van der Waals surface area contributed by atoms with Gasteiger partial charge in [-0.2, -0.15) is 0 Å². The van der Waals surface area contributed by atoms with Gasteiger partial charge in [0.2, 0.25) is 0 Å². The summed E-state index contributed by atoms with van der Waals surface area (Å²) in [5, 5.41) is 11.3. The summed E-state index contributed by atoms with van der Waals surface area (Å²) in [5.41, 5.74) is 0.749. The highest BCUT2D eigenvalue weighted by Gasteiger charge is 2.33. The summed E-state index contributed by atoms with van der Waals surface area (Å²) in [5.74, 6) is -2.16. The number of fused-ring (bicyclic) bond motifs is 1. The maximum absolute atomic E-state index is 12.1. The zero-order valence-corrected chi connectivity index (χ0v) is 12.3. The third-order valence-electron chi connectivity index (χ3n) is 3.52. The molecule has 0 fully saturated rings. The molecule has 0 aliphatic carbocycles. The minimum Gasteiger partial charge on any atom is -0.481 e. The van der Waals surface area contributed by atoms with E-state index in [1.54, 1.807) is 6.92 Å². The molecule has 1 aromatic rings. The lowest BCUT2D eigenvalue weighted by molar-refractivity contribution is -0.137. The maximum Gasteiger partial charge on any atom is 0.303 e. The van der Waals surface area contributed by atoms with Crippen LogP contribution in [0.25, 0.3) is 0 Å². The van der Waals surface area contributed by atoms with Crippen LogP contribution in [0.15, 0.2) is 18.2 Å². The van der Waals surface area contributed by atoms with Gasteiger partial charge in [-0.1, -0.05) is 0 Å². The summed E-state index contributed by atoms with van der Waals surface area (Å²) in [6.45, 7) is 1.71. The molecule has 0 saturated heterocycles. The molecule has 116 valence electrons. The number of aliphatic carboxylic acids is 1. The molecule has 3 amide bonds. The molecule has 1 aliphatic rings. The highest BCUT2D eigenvalue weighted by atomic mass is 16.4. The quantitative estimate of drug-likeness (QED) is 0.786. The van der Waals surface area contributed by atoms with Crippen molar-refractivity contribution in [1.29, 1.82) is 0 Å². The number of benzene rings is 1. The summed E-state index contributed by atoms with van der Waals surface area (Å²) in [4.78, 5) is 47.3. The van der Waals surface area contributed by atoms with E-state index >= 15 is 0 Å². The van der Waals surface area contributed by atoms with E-state index in [-0.39, 0.29) is 35.1 Å². The zero-order valence-electron chi connectivity index (χ0n) is 12.3. The smallest absolute Gasteiger partial charge is 0.303 e. The summed E-state index contributed by atoms with van der Waals surface area (Å²) in [7, 11) is 1.39. The van der Waals surface area contributed by atoms with Gasteiger partial charge in [-0.15, -0.1) is 0 Å².